The first-order valence-corrected chi connectivity index (χ1v) is 11.5. The van der Waals surface area contributed by atoms with Gasteiger partial charge in [0.15, 0.2) is 5.96 Å². The summed E-state index contributed by atoms with van der Waals surface area (Å²) in [5.41, 5.74) is -0.707. The average molecular weight is 430 g/mol. The fourth-order valence-corrected chi connectivity index (χ4v) is 4.30. The zero-order valence-electron chi connectivity index (χ0n) is 17.2. The number of nitrogens with zero attached hydrogens (tertiary/aromatic N) is 2. The summed E-state index contributed by atoms with van der Waals surface area (Å²) in [5, 5.41) is 6.34. The van der Waals surface area contributed by atoms with Gasteiger partial charge in [-0.15, -0.1) is 0 Å². The standard InChI is InChI=1S/C17H34F3N5O2S/c1-5-21-15(23-12-16(2,3)24-28(4,26)27)22-9-6-14-7-10-25(11-8-14)13-17(18,19)20/h14,24H,5-13H2,1-4H3,(H2,21,22,23). The quantitative estimate of drug-likeness (QED) is 0.382. The zero-order valence-corrected chi connectivity index (χ0v) is 18.0. The van der Waals surface area contributed by atoms with Crippen molar-refractivity contribution in [3.63, 3.8) is 0 Å². The van der Waals surface area contributed by atoms with Crippen molar-refractivity contribution in [2.75, 3.05) is 45.5 Å². The van der Waals surface area contributed by atoms with Crippen molar-refractivity contribution in [3.8, 4) is 0 Å². The summed E-state index contributed by atoms with van der Waals surface area (Å²) in [5.74, 6) is 0.989. The number of likely N-dealkylation sites (tertiary alicyclic amines) is 1. The van der Waals surface area contributed by atoms with Gasteiger partial charge in [-0.05, 0) is 59.0 Å². The van der Waals surface area contributed by atoms with E-state index in [-0.39, 0.29) is 6.54 Å². The van der Waals surface area contributed by atoms with Crippen molar-refractivity contribution >= 4 is 16.0 Å². The minimum absolute atomic E-state index is 0.269. The van der Waals surface area contributed by atoms with Crippen LogP contribution in [0.2, 0.25) is 0 Å². The van der Waals surface area contributed by atoms with Gasteiger partial charge >= 0.3 is 6.18 Å². The monoisotopic (exact) mass is 429 g/mol. The van der Waals surface area contributed by atoms with E-state index in [0.717, 1.165) is 25.5 Å². The van der Waals surface area contributed by atoms with Gasteiger partial charge in [-0.25, -0.2) is 13.1 Å². The van der Waals surface area contributed by atoms with E-state index in [1.165, 1.54) is 4.90 Å². The van der Waals surface area contributed by atoms with Crippen LogP contribution < -0.4 is 15.4 Å². The van der Waals surface area contributed by atoms with E-state index >= 15 is 0 Å². The average Bonchev–Trinajstić information content (AvgIpc) is 2.50. The smallest absolute Gasteiger partial charge is 0.357 e. The molecule has 7 nitrogen and oxygen atoms in total. The maximum atomic E-state index is 12.4. The Labute approximate surface area is 166 Å². The molecule has 28 heavy (non-hydrogen) atoms. The number of rotatable bonds is 9. The third kappa shape index (κ3) is 11.7. The largest absolute Gasteiger partial charge is 0.401 e. The third-order valence-electron chi connectivity index (χ3n) is 4.39. The van der Waals surface area contributed by atoms with Gasteiger partial charge in [-0.3, -0.25) is 9.89 Å². The van der Waals surface area contributed by atoms with Gasteiger partial charge in [0.25, 0.3) is 0 Å². The topological polar surface area (TPSA) is 85.8 Å². The molecule has 0 atom stereocenters. The Morgan fingerprint density at radius 2 is 1.79 bits per heavy atom. The summed E-state index contributed by atoms with van der Waals surface area (Å²) in [6, 6.07) is 0. The van der Waals surface area contributed by atoms with E-state index < -0.39 is 28.3 Å². The molecule has 0 unspecified atom stereocenters. The Balaban J connectivity index is 2.41. The molecule has 1 rings (SSSR count). The first kappa shape index (κ1) is 25.0. The van der Waals surface area contributed by atoms with Crippen LogP contribution in [-0.2, 0) is 10.0 Å². The molecule has 11 heteroatoms. The molecule has 1 aliphatic heterocycles. The number of halogens is 3. The van der Waals surface area contributed by atoms with Crippen LogP contribution in [0, 0.1) is 5.92 Å². The highest BCUT2D eigenvalue weighted by Crippen LogP contribution is 2.23. The van der Waals surface area contributed by atoms with Crippen molar-refractivity contribution in [3.05, 3.63) is 0 Å². The molecule has 1 aliphatic rings. The van der Waals surface area contributed by atoms with Gasteiger partial charge in [0.2, 0.25) is 10.0 Å². The van der Waals surface area contributed by atoms with Crippen molar-refractivity contribution in [1.29, 1.82) is 0 Å². The molecule has 0 aliphatic carbocycles. The van der Waals surface area contributed by atoms with E-state index in [9.17, 15) is 21.6 Å². The van der Waals surface area contributed by atoms with Crippen LogP contribution in [0.1, 0.15) is 40.0 Å². The van der Waals surface area contributed by atoms with Gasteiger partial charge in [-0.2, -0.15) is 13.2 Å². The van der Waals surface area contributed by atoms with Crippen LogP contribution in [0.5, 0.6) is 0 Å². The van der Waals surface area contributed by atoms with Crippen LogP contribution in [0.15, 0.2) is 4.99 Å². The summed E-state index contributed by atoms with van der Waals surface area (Å²) in [4.78, 5) is 5.90. The summed E-state index contributed by atoms with van der Waals surface area (Å²) in [7, 11) is -3.32. The predicted molar refractivity (Wildman–Crippen MR) is 106 cm³/mol. The number of sulfonamides is 1. The molecule has 0 bridgehead atoms. The molecule has 0 saturated carbocycles. The van der Waals surface area contributed by atoms with Crippen LogP contribution in [0.25, 0.3) is 0 Å². The molecule has 0 aromatic heterocycles. The SMILES string of the molecule is CCNC(=NCC(C)(C)NS(C)(=O)=O)NCCC1CCN(CC(F)(F)F)CC1. The molecule has 0 radical (unpaired) electrons. The van der Waals surface area contributed by atoms with Gasteiger partial charge in [0, 0.05) is 18.6 Å². The number of guanidine groups is 1. The van der Waals surface area contributed by atoms with E-state index in [0.29, 0.717) is 38.1 Å². The van der Waals surface area contributed by atoms with Gasteiger partial charge in [-0.1, -0.05) is 0 Å². The van der Waals surface area contributed by atoms with Gasteiger partial charge in [0.1, 0.15) is 0 Å². The van der Waals surface area contributed by atoms with Crippen molar-refractivity contribution < 1.29 is 21.6 Å². The van der Waals surface area contributed by atoms with Crippen LogP contribution in [-0.4, -0.2) is 76.5 Å². The number of alkyl halides is 3. The second kappa shape index (κ2) is 10.6. The lowest BCUT2D eigenvalue weighted by atomic mass is 9.93. The molecule has 0 aromatic rings. The molecule has 1 saturated heterocycles. The molecule has 0 aromatic carbocycles. The number of piperidine rings is 1. The summed E-state index contributed by atoms with van der Waals surface area (Å²) < 4.78 is 62.7. The second-order valence-corrected chi connectivity index (χ2v) is 9.75. The van der Waals surface area contributed by atoms with Crippen LogP contribution >= 0.6 is 0 Å². The number of aliphatic imine (C=N–C) groups is 1. The number of nitrogens with one attached hydrogen (secondary N) is 3. The van der Waals surface area contributed by atoms with E-state index in [1.54, 1.807) is 13.8 Å². The Morgan fingerprint density at radius 1 is 1.18 bits per heavy atom. The fraction of sp³-hybridized carbons (Fsp3) is 0.941. The van der Waals surface area contributed by atoms with Crippen molar-refractivity contribution in [2.24, 2.45) is 10.9 Å². The Kier molecular flexibility index (Phi) is 9.48. The van der Waals surface area contributed by atoms with E-state index in [4.69, 9.17) is 0 Å². The molecular formula is C17H34F3N5O2S. The predicted octanol–water partition coefficient (Wildman–Crippen LogP) is 1.53. The van der Waals surface area contributed by atoms with Crippen LogP contribution in [0.3, 0.4) is 0 Å². The Morgan fingerprint density at radius 3 is 2.29 bits per heavy atom. The normalized spacial score (nSPS) is 18.3. The number of hydrogen-bond donors (Lipinski definition) is 3. The lowest BCUT2D eigenvalue weighted by molar-refractivity contribution is -0.148. The zero-order chi connectivity index (χ0) is 21.4. The molecular weight excluding hydrogens is 395 g/mol. The molecule has 0 amide bonds. The van der Waals surface area contributed by atoms with Gasteiger partial charge < -0.3 is 10.6 Å². The second-order valence-electron chi connectivity index (χ2n) is 8.00. The van der Waals surface area contributed by atoms with E-state index in [2.05, 4.69) is 20.3 Å². The Bertz CT molecular complexity index is 600. The lowest BCUT2D eigenvalue weighted by Gasteiger charge is -2.32. The first-order valence-electron chi connectivity index (χ1n) is 9.60. The Hall–Kier alpha value is -1.07. The van der Waals surface area contributed by atoms with Crippen molar-refractivity contribution in [1.82, 2.24) is 20.3 Å². The minimum Gasteiger partial charge on any atom is -0.357 e. The highest BCUT2D eigenvalue weighted by molar-refractivity contribution is 7.88. The maximum absolute atomic E-state index is 12.4. The molecule has 3 N–H and O–H groups in total. The van der Waals surface area contributed by atoms with Crippen LogP contribution in [0.4, 0.5) is 13.2 Å². The summed E-state index contributed by atoms with van der Waals surface area (Å²) >= 11 is 0. The summed E-state index contributed by atoms with van der Waals surface area (Å²) in [6.07, 6.45) is -0.643. The van der Waals surface area contributed by atoms with Crippen molar-refractivity contribution in [2.45, 2.75) is 51.7 Å². The van der Waals surface area contributed by atoms with Gasteiger partial charge in [0.05, 0.1) is 19.3 Å². The highest BCUT2D eigenvalue weighted by atomic mass is 32.2. The molecule has 1 heterocycles. The summed E-state index contributed by atoms with van der Waals surface area (Å²) in [6.45, 7) is 7.18. The molecule has 166 valence electrons. The highest BCUT2D eigenvalue weighted by Gasteiger charge is 2.32. The lowest BCUT2D eigenvalue weighted by Crippen LogP contribution is -2.47. The minimum atomic E-state index is -4.13. The van der Waals surface area contributed by atoms with E-state index in [1.807, 2.05) is 6.92 Å². The third-order valence-corrected chi connectivity index (χ3v) is 5.32. The number of hydrogen-bond acceptors (Lipinski definition) is 4. The first-order chi connectivity index (χ1) is 12.8. The molecule has 1 fully saturated rings. The molecule has 0 spiro atoms. The fourth-order valence-electron chi connectivity index (χ4n) is 3.23. The maximum Gasteiger partial charge on any atom is 0.401 e.